The summed E-state index contributed by atoms with van der Waals surface area (Å²) in [7, 11) is 0. The molecule has 1 aromatic rings. The first-order chi connectivity index (χ1) is 12.3. The normalized spacial score (nSPS) is 26.4. The maximum Gasteiger partial charge on any atom is 0.160 e. The molecule has 0 N–H and O–H groups in total. The van der Waals surface area contributed by atoms with Crippen molar-refractivity contribution in [3.63, 3.8) is 0 Å². The van der Waals surface area contributed by atoms with Crippen LogP contribution < -0.4 is 4.74 Å². The van der Waals surface area contributed by atoms with Gasteiger partial charge in [0.25, 0.3) is 0 Å². The molecule has 1 aromatic carbocycles. The van der Waals surface area contributed by atoms with Crippen molar-refractivity contribution >= 4 is 11.8 Å². The summed E-state index contributed by atoms with van der Waals surface area (Å²) in [5, 5.41) is 0.694. The minimum Gasteiger partial charge on any atom is -0.494 e. The highest BCUT2D eigenvalue weighted by Gasteiger charge is 2.27. The first-order valence-corrected chi connectivity index (χ1v) is 10.9. The van der Waals surface area contributed by atoms with E-state index in [1.807, 2.05) is 18.7 Å². The van der Waals surface area contributed by atoms with Gasteiger partial charge in [-0.15, -0.1) is 11.8 Å². The van der Waals surface area contributed by atoms with Crippen LogP contribution in [0, 0.1) is 5.92 Å². The summed E-state index contributed by atoms with van der Waals surface area (Å²) in [6.07, 6.45) is 10.5. The highest BCUT2D eigenvalue weighted by atomic mass is 32.2. The molecule has 2 fully saturated rings. The molecule has 0 aromatic heterocycles. The predicted molar refractivity (Wildman–Crippen MR) is 103 cm³/mol. The average Bonchev–Trinajstić information content (AvgIpc) is 3.17. The van der Waals surface area contributed by atoms with E-state index in [4.69, 9.17) is 14.2 Å². The van der Waals surface area contributed by atoms with Crippen molar-refractivity contribution < 1.29 is 14.2 Å². The minimum atomic E-state index is 0.0514. The third kappa shape index (κ3) is 6.19. The Kier molecular flexibility index (Phi) is 7.96. The van der Waals surface area contributed by atoms with Crippen LogP contribution in [0.25, 0.3) is 0 Å². The van der Waals surface area contributed by atoms with Crippen molar-refractivity contribution in [1.82, 2.24) is 0 Å². The quantitative estimate of drug-likeness (QED) is 0.673. The first kappa shape index (κ1) is 19.1. The smallest absolute Gasteiger partial charge is 0.160 e. The van der Waals surface area contributed by atoms with E-state index >= 15 is 0 Å². The van der Waals surface area contributed by atoms with E-state index in [-0.39, 0.29) is 6.29 Å². The third-order valence-electron chi connectivity index (χ3n) is 5.18. The SMILES string of the molecule is CCOc1ccc(SC2CCCCCCC(C3OCCO3)CC2)cc1. The summed E-state index contributed by atoms with van der Waals surface area (Å²) >= 11 is 2.04. The monoisotopic (exact) mass is 364 g/mol. The predicted octanol–water partition coefficient (Wildman–Crippen LogP) is 5.67. The fourth-order valence-electron chi connectivity index (χ4n) is 3.83. The van der Waals surface area contributed by atoms with Crippen LogP contribution in [0.1, 0.15) is 58.3 Å². The molecule has 0 radical (unpaired) electrons. The van der Waals surface area contributed by atoms with Crippen molar-refractivity contribution in [3.05, 3.63) is 24.3 Å². The van der Waals surface area contributed by atoms with E-state index in [1.54, 1.807) is 0 Å². The lowest BCUT2D eigenvalue weighted by Crippen LogP contribution is -2.23. The molecule has 140 valence electrons. The fraction of sp³-hybridized carbons (Fsp3) is 0.714. The molecule has 0 spiro atoms. The lowest BCUT2D eigenvalue weighted by Gasteiger charge is -2.26. The summed E-state index contributed by atoms with van der Waals surface area (Å²) in [6, 6.07) is 8.59. The number of hydrogen-bond donors (Lipinski definition) is 0. The number of benzene rings is 1. The largest absolute Gasteiger partial charge is 0.494 e. The van der Waals surface area contributed by atoms with E-state index < -0.39 is 0 Å². The molecule has 25 heavy (non-hydrogen) atoms. The van der Waals surface area contributed by atoms with Gasteiger partial charge in [0, 0.05) is 16.1 Å². The van der Waals surface area contributed by atoms with Crippen LogP contribution in [0.3, 0.4) is 0 Å². The van der Waals surface area contributed by atoms with E-state index in [0.717, 1.165) is 25.6 Å². The molecular formula is C21H32O3S. The average molecular weight is 365 g/mol. The molecule has 3 rings (SSSR count). The summed E-state index contributed by atoms with van der Waals surface area (Å²) in [4.78, 5) is 1.36. The number of hydrogen-bond acceptors (Lipinski definition) is 4. The molecule has 2 atom stereocenters. The molecule has 3 nitrogen and oxygen atoms in total. The van der Waals surface area contributed by atoms with E-state index in [0.29, 0.717) is 11.2 Å². The van der Waals surface area contributed by atoms with Crippen LogP contribution in [-0.4, -0.2) is 31.4 Å². The Morgan fingerprint density at radius 3 is 2.36 bits per heavy atom. The van der Waals surface area contributed by atoms with Gasteiger partial charge in [-0.25, -0.2) is 0 Å². The molecule has 2 aliphatic rings. The van der Waals surface area contributed by atoms with E-state index in [2.05, 4.69) is 24.3 Å². The highest BCUT2D eigenvalue weighted by Crippen LogP contribution is 2.35. The van der Waals surface area contributed by atoms with Gasteiger partial charge in [-0.2, -0.15) is 0 Å². The fourth-order valence-corrected chi connectivity index (χ4v) is 5.05. The number of ether oxygens (including phenoxy) is 3. The van der Waals surface area contributed by atoms with Crippen molar-refractivity contribution in [1.29, 1.82) is 0 Å². The first-order valence-electron chi connectivity index (χ1n) is 9.98. The van der Waals surface area contributed by atoms with E-state index in [1.165, 1.54) is 56.3 Å². The van der Waals surface area contributed by atoms with Crippen LogP contribution in [0.5, 0.6) is 5.75 Å². The minimum absolute atomic E-state index is 0.0514. The van der Waals surface area contributed by atoms with Crippen molar-refractivity contribution in [3.8, 4) is 5.75 Å². The summed E-state index contributed by atoms with van der Waals surface area (Å²) < 4.78 is 17.2. The van der Waals surface area contributed by atoms with Gasteiger partial charge in [-0.05, 0) is 56.9 Å². The summed E-state index contributed by atoms with van der Waals surface area (Å²) in [6.45, 7) is 4.29. The molecule has 1 saturated heterocycles. The maximum absolute atomic E-state index is 5.81. The zero-order valence-corrected chi connectivity index (χ0v) is 16.3. The molecule has 4 heteroatoms. The number of thioether (sulfide) groups is 1. The molecule has 1 aliphatic heterocycles. The molecule has 2 unspecified atom stereocenters. The standard InChI is InChI=1S/C21H32O3S/c1-2-22-18-10-13-20(14-11-18)25-19-8-6-4-3-5-7-17(9-12-19)21-23-15-16-24-21/h10-11,13-14,17,19,21H,2-9,12,15-16H2,1H3. The molecule has 0 amide bonds. The van der Waals surface area contributed by atoms with Crippen LogP contribution in [0.4, 0.5) is 0 Å². The van der Waals surface area contributed by atoms with Crippen molar-refractivity contribution in [2.24, 2.45) is 5.92 Å². The lowest BCUT2D eigenvalue weighted by molar-refractivity contribution is -0.0886. The second-order valence-electron chi connectivity index (χ2n) is 7.08. The van der Waals surface area contributed by atoms with Crippen LogP contribution >= 0.6 is 11.8 Å². The van der Waals surface area contributed by atoms with Gasteiger partial charge in [-0.3, -0.25) is 0 Å². The van der Waals surface area contributed by atoms with Gasteiger partial charge in [0.05, 0.1) is 19.8 Å². The van der Waals surface area contributed by atoms with Gasteiger partial charge in [0.2, 0.25) is 0 Å². The molecular weight excluding hydrogens is 332 g/mol. The second kappa shape index (κ2) is 10.4. The van der Waals surface area contributed by atoms with Gasteiger partial charge in [0.15, 0.2) is 6.29 Å². The highest BCUT2D eigenvalue weighted by molar-refractivity contribution is 8.00. The molecule has 1 aliphatic carbocycles. The molecule has 1 saturated carbocycles. The Morgan fingerprint density at radius 1 is 0.920 bits per heavy atom. The Morgan fingerprint density at radius 2 is 1.64 bits per heavy atom. The second-order valence-corrected chi connectivity index (χ2v) is 8.46. The summed E-state index contributed by atoms with van der Waals surface area (Å²) in [5.41, 5.74) is 0. The van der Waals surface area contributed by atoms with Crippen LogP contribution in [-0.2, 0) is 9.47 Å². The van der Waals surface area contributed by atoms with Gasteiger partial charge < -0.3 is 14.2 Å². The number of rotatable bonds is 5. The van der Waals surface area contributed by atoms with Gasteiger partial charge >= 0.3 is 0 Å². The third-order valence-corrected chi connectivity index (χ3v) is 6.53. The zero-order valence-electron chi connectivity index (χ0n) is 15.5. The van der Waals surface area contributed by atoms with Gasteiger partial charge in [0.1, 0.15) is 5.75 Å². The van der Waals surface area contributed by atoms with Crippen molar-refractivity contribution in [2.75, 3.05) is 19.8 Å². The van der Waals surface area contributed by atoms with Crippen LogP contribution in [0.2, 0.25) is 0 Å². The van der Waals surface area contributed by atoms with Crippen molar-refractivity contribution in [2.45, 2.75) is 74.7 Å². The summed E-state index contributed by atoms with van der Waals surface area (Å²) in [5.74, 6) is 1.54. The topological polar surface area (TPSA) is 27.7 Å². The van der Waals surface area contributed by atoms with E-state index in [9.17, 15) is 0 Å². The lowest BCUT2D eigenvalue weighted by atomic mass is 9.91. The molecule has 0 bridgehead atoms. The maximum atomic E-state index is 5.81. The Balaban J connectivity index is 1.56. The van der Waals surface area contributed by atoms with Crippen LogP contribution in [0.15, 0.2) is 29.2 Å². The molecule has 1 heterocycles. The Hall–Kier alpha value is -0.710. The zero-order chi connectivity index (χ0) is 17.3. The Labute approximate surface area is 156 Å². The van der Waals surface area contributed by atoms with Gasteiger partial charge in [-0.1, -0.05) is 25.7 Å². The Bertz CT molecular complexity index is 484.